The Morgan fingerprint density at radius 3 is 2.87 bits per heavy atom. The van der Waals surface area contributed by atoms with Crippen molar-refractivity contribution in [3.8, 4) is 11.4 Å². The predicted octanol–water partition coefficient (Wildman–Crippen LogP) is 1.85. The Hall–Kier alpha value is -1.97. The molecule has 1 aromatic carbocycles. The lowest BCUT2D eigenvalue weighted by Crippen LogP contribution is -2.00. The van der Waals surface area contributed by atoms with Gasteiger partial charge in [0.25, 0.3) is 0 Å². The van der Waals surface area contributed by atoms with E-state index in [1.54, 1.807) is 17.1 Å². The van der Waals surface area contributed by atoms with Crippen LogP contribution >= 0.6 is 0 Å². The molecule has 0 atom stereocenters. The Morgan fingerprint density at radius 2 is 2.20 bits per heavy atom. The molecule has 15 heavy (non-hydrogen) atoms. The molecule has 1 aromatic heterocycles. The van der Waals surface area contributed by atoms with E-state index in [1.807, 2.05) is 31.2 Å². The molecule has 2 aromatic rings. The molecule has 0 spiro atoms. The quantitative estimate of drug-likeness (QED) is 0.828. The first-order chi connectivity index (χ1) is 7.31. The van der Waals surface area contributed by atoms with Gasteiger partial charge in [-0.2, -0.15) is 5.10 Å². The molecule has 2 N–H and O–H groups in total. The van der Waals surface area contributed by atoms with Crippen LogP contribution in [0.4, 0.5) is 5.69 Å². The van der Waals surface area contributed by atoms with Gasteiger partial charge in [0.2, 0.25) is 0 Å². The van der Waals surface area contributed by atoms with Crippen molar-refractivity contribution >= 4 is 5.69 Å². The number of nitrogens with two attached hydrogens (primary N) is 1. The van der Waals surface area contributed by atoms with Gasteiger partial charge in [0.15, 0.2) is 0 Å². The summed E-state index contributed by atoms with van der Waals surface area (Å²) in [5.41, 5.74) is 7.16. The summed E-state index contributed by atoms with van der Waals surface area (Å²) in [4.78, 5) is 0. The average molecular weight is 203 g/mol. The summed E-state index contributed by atoms with van der Waals surface area (Å²) >= 11 is 0. The van der Waals surface area contributed by atoms with E-state index in [4.69, 9.17) is 10.5 Å². The number of hydrogen-bond acceptors (Lipinski definition) is 3. The van der Waals surface area contributed by atoms with Gasteiger partial charge in [-0.1, -0.05) is 12.1 Å². The highest BCUT2D eigenvalue weighted by molar-refractivity contribution is 5.47. The molecule has 0 aliphatic heterocycles. The summed E-state index contributed by atoms with van der Waals surface area (Å²) in [6, 6.07) is 7.73. The molecule has 0 bridgehead atoms. The maximum absolute atomic E-state index is 5.62. The van der Waals surface area contributed by atoms with E-state index in [2.05, 4.69) is 5.10 Å². The molecule has 0 fully saturated rings. The van der Waals surface area contributed by atoms with Gasteiger partial charge in [-0.05, 0) is 19.1 Å². The molecule has 78 valence electrons. The standard InChI is InChI=1S/C11H13N3O/c1-2-15-11-6-4-3-5-10(11)14-8-9(12)7-13-14/h3-8H,2,12H2,1H3. The Morgan fingerprint density at radius 1 is 1.40 bits per heavy atom. The zero-order valence-corrected chi connectivity index (χ0v) is 8.55. The van der Waals surface area contributed by atoms with Crippen molar-refractivity contribution in [2.45, 2.75) is 6.92 Å². The summed E-state index contributed by atoms with van der Waals surface area (Å²) in [6.45, 7) is 2.59. The fraction of sp³-hybridized carbons (Fsp3) is 0.182. The first kappa shape index (κ1) is 9.58. The van der Waals surface area contributed by atoms with Crippen molar-refractivity contribution in [3.63, 3.8) is 0 Å². The zero-order valence-electron chi connectivity index (χ0n) is 8.55. The maximum atomic E-state index is 5.62. The van der Waals surface area contributed by atoms with Gasteiger partial charge in [0.05, 0.1) is 24.7 Å². The van der Waals surface area contributed by atoms with E-state index < -0.39 is 0 Å². The van der Waals surface area contributed by atoms with E-state index in [0.717, 1.165) is 11.4 Å². The fourth-order valence-electron chi connectivity index (χ4n) is 1.39. The molecule has 2 rings (SSSR count). The molecular formula is C11H13N3O. The molecule has 0 aliphatic carbocycles. The molecule has 0 radical (unpaired) electrons. The van der Waals surface area contributed by atoms with Crippen LogP contribution in [0.25, 0.3) is 5.69 Å². The summed E-state index contributed by atoms with van der Waals surface area (Å²) in [7, 11) is 0. The van der Waals surface area contributed by atoms with Gasteiger partial charge in [-0.15, -0.1) is 0 Å². The third kappa shape index (κ3) is 1.93. The minimum absolute atomic E-state index is 0.633. The smallest absolute Gasteiger partial charge is 0.144 e. The van der Waals surface area contributed by atoms with Gasteiger partial charge >= 0.3 is 0 Å². The summed E-state index contributed by atoms with van der Waals surface area (Å²) < 4.78 is 7.21. The highest BCUT2D eigenvalue weighted by Gasteiger charge is 2.05. The zero-order chi connectivity index (χ0) is 10.7. The SMILES string of the molecule is CCOc1ccccc1-n1cc(N)cn1. The van der Waals surface area contributed by atoms with Crippen molar-refractivity contribution in [2.24, 2.45) is 0 Å². The van der Waals surface area contributed by atoms with Crippen LogP contribution in [0, 0.1) is 0 Å². The van der Waals surface area contributed by atoms with Crippen molar-refractivity contribution < 1.29 is 4.74 Å². The second-order valence-corrected chi connectivity index (χ2v) is 3.12. The highest BCUT2D eigenvalue weighted by Crippen LogP contribution is 2.22. The number of benzene rings is 1. The third-order valence-corrected chi connectivity index (χ3v) is 2.01. The Bertz CT molecular complexity index is 451. The first-order valence-electron chi connectivity index (χ1n) is 4.83. The second kappa shape index (κ2) is 4.04. The Balaban J connectivity index is 2.42. The number of ether oxygens (including phenoxy) is 1. The van der Waals surface area contributed by atoms with Crippen LogP contribution in [0.5, 0.6) is 5.75 Å². The minimum atomic E-state index is 0.633. The van der Waals surface area contributed by atoms with Crippen LogP contribution in [0.3, 0.4) is 0 Å². The topological polar surface area (TPSA) is 53.1 Å². The lowest BCUT2D eigenvalue weighted by molar-refractivity contribution is 0.338. The molecule has 4 heteroatoms. The van der Waals surface area contributed by atoms with Crippen LogP contribution in [0.15, 0.2) is 36.7 Å². The van der Waals surface area contributed by atoms with Crippen LogP contribution in [0.2, 0.25) is 0 Å². The number of anilines is 1. The number of nitrogens with zero attached hydrogens (tertiary/aromatic N) is 2. The van der Waals surface area contributed by atoms with Gasteiger partial charge in [-0.3, -0.25) is 0 Å². The maximum Gasteiger partial charge on any atom is 0.144 e. The lowest BCUT2D eigenvalue weighted by atomic mass is 10.3. The molecular weight excluding hydrogens is 190 g/mol. The van der Waals surface area contributed by atoms with E-state index >= 15 is 0 Å². The van der Waals surface area contributed by atoms with Crippen molar-refractivity contribution in [1.82, 2.24) is 9.78 Å². The number of para-hydroxylation sites is 2. The van der Waals surface area contributed by atoms with Gasteiger partial charge in [-0.25, -0.2) is 4.68 Å². The normalized spacial score (nSPS) is 10.2. The van der Waals surface area contributed by atoms with Gasteiger partial charge in [0, 0.05) is 0 Å². The number of nitrogen functional groups attached to an aromatic ring is 1. The number of rotatable bonds is 3. The lowest BCUT2D eigenvalue weighted by Gasteiger charge is -2.09. The van der Waals surface area contributed by atoms with Crippen molar-refractivity contribution in [2.75, 3.05) is 12.3 Å². The van der Waals surface area contributed by atoms with Crippen LogP contribution in [-0.4, -0.2) is 16.4 Å². The Labute approximate surface area is 88.3 Å². The first-order valence-corrected chi connectivity index (χ1v) is 4.83. The number of hydrogen-bond donors (Lipinski definition) is 1. The van der Waals surface area contributed by atoms with E-state index in [9.17, 15) is 0 Å². The predicted molar refractivity (Wildman–Crippen MR) is 59.1 cm³/mol. The van der Waals surface area contributed by atoms with Crippen molar-refractivity contribution in [1.29, 1.82) is 0 Å². The monoisotopic (exact) mass is 203 g/mol. The molecule has 1 heterocycles. The summed E-state index contributed by atoms with van der Waals surface area (Å²) in [5.74, 6) is 0.808. The summed E-state index contributed by atoms with van der Waals surface area (Å²) in [6.07, 6.45) is 3.38. The van der Waals surface area contributed by atoms with E-state index in [0.29, 0.717) is 12.3 Å². The van der Waals surface area contributed by atoms with E-state index in [-0.39, 0.29) is 0 Å². The Kier molecular flexibility index (Phi) is 2.58. The van der Waals surface area contributed by atoms with E-state index in [1.165, 1.54) is 0 Å². The molecule has 0 saturated heterocycles. The molecule has 0 saturated carbocycles. The van der Waals surface area contributed by atoms with Gasteiger partial charge < -0.3 is 10.5 Å². The summed E-state index contributed by atoms with van der Waals surface area (Å²) in [5, 5.41) is 4.14. The van der Waals surface area contributed by atoms with Gasteiger partial charge in [0.1, 0.15) is 11.4 Å². The molecule has 0 amide bonds. The van der Waals surface area contributed by atoms with Crippen LogP contribution in [0.1, 0.15) is 6.92 Å². The molecule has 0 unspecified atom stereocenters. The average Bonchev–Trinajstić information content (AvgIpc) is 2.66. The molecule has 4 nitrogen and oxygen atoms in total. The third-order valence-electron chi connectivity index (χ3n) is 2.01. The fourth-order valence-corrected chi connectivity index (χ4v) is 1.39. The minimum Gasteiger partial charge on any atom is -0.492 e. The van der Waals surface area contributed by atoms with Crippen LogP contribution in [-0.2, 0) is 0 Å². The largest absolute Gasteiger partial charge is 0.492 e. The van der Waals surface area contributed by atoms with Crippen LogP contribution < -0.4 is 10.5 Å². The number of aromatic nitrogens is 2. The second-order valence-electron chi connectivity index (χ2n) is 3.12. The highest BCUT2D eigenvalue weighted by atomic mass is 16.5. The molecule has 0 aliphatic rings. The van der Waals surface area contributed by atoms with Crippen molar-refractivity contribution in [3.05, 3.63) is 36.7 Å².